The van der Waals surface area contributed by atoms with E-state index in [0.29, 0.717) is 0 Å². The molecule has 100 valence electrons. The summed E-state index contributed by atoms with van der Waals surface area (Å²) in [6.07, 6.45) is 0. The summed E-state index contributed by atoms with van der Waals surface area (Å²) in [7, 11) is 0. The Bertz CT molecular complexity index is 378. The molecule has 0 spiro atoms. The molecule has 1 aliphatic rings. The van der Waals surface area contributed by atoms with E-state index in [1.54, 1.807) is 13.8 Å². The average Bonchev–Trinajstić information content (AvgIpc) is 2.32. The van der Waals surface area contributed by atoms with Gasteiger partial charge in [0, 0.05) is 0 Å². The molecule has 7 nitrogen and oxygen atoms in total. The van der Waals surface area contributed by atoms with E-state index in [1.807, 2.05) is 0 Å². The second-order valence-corrected chi connectivity index (χ2v) is 3.63. The molecule has 1 fully saturated rings. The number of carbonyl (C=O) groups excluding carboxylic acids is 4. The van der Waals surface area contributed by atoms with Gasteiger partial charge in [0.15, 0.2) is 0 Å². The number of esters is 2. The van der Waals surface area contributed by atoms with Crippen LogP contribution in [0, 0.1) is 5.92 Å². The number of ether oxygens (including phenoxy) is 2. The lowest BCUT2D eigenvalue weighted by Crippen LogP contribution is -2.58. The van der Waals surface area contributed by atoms with Crippen LogP contribution in [0.4, 0.5) is 0 Å². The van der Waals surface area contributed by atoms with Crippen LogP contribution in [-0.4, -0.2) is 49.3 Å². The summed E-state index contributed by atoms with van der Waals surface area (Å²) in [5.74, 6) is -4.73. The van der Waals surface area contributed by atoms with E-state index in [9.17, 15) is 19.2 Å². The van der Waals surface area contributed by atoms with Gasteiger partial charge >= 0.3 is 11.9 Å². The third-order valence-corrected chi connectivity index (χ3v) is 2.45. The third-order valence-electron chi connectivity index (χ3n) is 2.45. The summed E-state index contributed by atoms with van der Waals surface area (Å²) >= 11 is 0. The molecule has 2 unspecified atom stereocenters. The minimum Gasteiger partial charge on any atom is -0.465 e. The van der Waals surface area contributed by atoms with E-state index in [1.165, 1.54) is 0 Å². The molecular weight excluding hydrogens is 242 g/mol. The van der Waals surface area contributed by atoms with Gasteiger partial charge in [0.25, 0.3) is 0 Å². The maximum atomic E-state index is 11.7. The van der Waals surface area contributed by atoms with Gasteiger partial charge in [0.2, 0.25) is 11.6 Å². The minimum absolute atomic E-state index is 0.0619. The van der Waals surface area contributed by atoms with Crippen molar-refractivity contribution in [1.29, 1.82) is 0 Å². The van der Waals surface area contributed by atoms with E-state index in [4.69, 9.17) is 9.47 Å². The van der Waals surface area contributed by atoms with Gasteiger partial charge in [-0.3, -0.25) is 24.5 Å². The van der Waals surface area contributed by atoms with Gasteiger partial charge in [-0.05, 0) is 13.8 Å². The van der Waals surface area contributed by atoms with Gasteiger partial charge in [-0.25, -0.2) is 0 Å². The van der Waals surface area contributed by atoms with Crippen LogP contribution in [-0.2, 0) is 28.7 Å². The number of nitrogens with one attached hydrogen (secondary N) is 1. The lowest BCUT2D eigenvalue weighted by molar-refractivity contribution is -0.164. The molecule has 1 rings (SSSR count). The van der Waals surface area contributed by atoms with E-state index in [2.05, 4.69) is 5.32 Å². The Morgan fingerprint density at radius 3 is 2.28 bits per heavy atom. The molecule has 0 amide bonds. The summed E-state index contributed by atoms with van der Waals surface area (Å²) in [6.45, 7) is 3.08. The molecule has 0 saturated carbocycles. The fourth-order valence-corrected chi connectivity index (χ4v) is 1.66. The molecule has 1 saturated heterocycles. The van der Waals surface area contributed by atoms with Crippen molar-refractivity contribution in [1.82, 2.24) is 5.32 Å². The standard InChI is InChI=1S/C11H15NO6/c1-3-17-10(15)7-8(11(16)18-4-2)12-5-6(13)9(7)14/h7-8,12H,3-5H2,1-2H3. The Labute approximate surface area is 104 Å². The molecule has 18 heavy (non-hydrogen) atoms. The second kappa shape index (κ2) is 6.25. The summed E-state index contributed by atoms with van der Waals surface area (Å²) in [5.41, 5.74) is 0. The van der Waals surface area contributed by atoms with E-state index in [-0.39, 0.29) is 19.8 Å². The zero-order valence-corrected chi connectivity index (χ0v) is 10.2. The first-order valence-electron chi connectivity index (χ1n) is 5.66. The van der Waals surface area contributed by atoms with Gasteiger partial charge < -0.3 is 9.47 Å². The van der Waals surface area contributed by atoms with Crippen LogP contribution in [0.5, 0.6) is 0 Å². The van der Waals surface area contributed by atoms with Crippen LogP contribution in [0.15, 0.2) is 0 Å². The smallest absolute Gasteiger partial charge is 0.324 e. The topological polar surface area (TPSA) is 98.8 Å². The molecule has 1 N–H and O–H groups in total. The van der Waals surface area contributed by atoms with Gasteiger partial charge in [0.1, 0.15) is 12.0 Å². The van der Waals surface area contributed by atoms with E-state index < -0.39 is 35.5 Å². The molecule has 0 bridgehead atoms. The molecule has 7 heteroatoms. The Morgan fingerprint density at radius 1 is 1.17 bits per heavy atom. The molecule has 0 aromatic heterocycles. The highest BCUT2D eigenvalue weighted by Crippen LogP contribution is 2.15. The lowest BCUT2D eigenvalue weighted by Gasteiger charge is -2.27. The number of carbonyl (C=O) groups is 4. The Balaban J connectivity index is 2.92. The predicted octanol–water partition coefficient (Wildman–Crippen LogP) is -1.16. The number of hydrogen-bond acceptors (Lipinski definition) is 7. The van der Waals surface area contributed by atoms with Crippen molar-refractivity contribution in [2.75, 3.05) is 19.8 Å². The van der Waals surface area contributed by atoms with Crippen LogP contribution in [0.1, 0.15) is 13.8 Å². The van der Waals surface area contributed by atoms with Gasteiger partial charge in [0.05, 0.1) is 19.8 Å². The highest BCUT2D eigenvalue weighted by molar-refractivity contribution is 6.43. The molecule has 0 aromatic carbocycles. The van der Waals surface area contributed by atoms with Crippen LogP contribution < -0.4 is 5.32 Å². The second-order valence-electron chi connectivity index (χ2n) is 3.63. The zero-order chi connectivity index (χ0) is 13.7. The molecule has 2 atom stereocenters. The number of hydrogen-bond donors (Lipinski definition) is 1. The fourth-order valence-electron chi connectivity index (χ4n) is 1.66. The molecule has 1 aliphatic heterocycles. The first-order valence-corrected chi connectivity index (χ1v) is 5.66. The molecule has 1 heterocycles. The monoisotopic (exact) mass is 257 g/mol. The minimum atomic E-state index is -1.45. The number of Topliss-reactive ketones (excluding diaryl/α,β-unsaturated/α-hetero) is 2. The van der Waals surface area contributed by atoms with Crippen molar-refractivity contribution in [3.63, 3.8) is 0 Å². The van der Waals surface area contributed by atoms with Crippen LogP contribution in [0.2, 0.25) is 0 Å². The van der Waals surface area contributed by atoms with Crippen molar-refractivity contribution in [3.05, 3.63) is 0 Å². The van der Waals surface area contributed by atoms with Gasteiger partial charge in [-0.1, -0.05) is 0 Å². The van der Waals surface area contributed by atoms with Crippen molar-refractivity contribution in [3.8, 4) is 0 Å². The zero-order valence-electron chi connectivity index (χ0n) is 10.2. The summed E-state index contributed by atoms with van der Waals surface area (Å²) in [5, 5.41) is 2.53. The molecular formula is C11H15NO6. The molecule has 0 aromatic rings. The SMILES string of the molecule is CCOC(=O)C1NCC(=O)C(=O)C1C(=O)OCC. The Morgan fingerprint density at radius 2 is 1.72 bits per heavy atom. The van der Waals surface area contributed by atoms with Crippen molar-refractivity contribution in [2.45, 2.75) is 19.9 Å². The largest absolute Gasteiger partial charge is 0.465 e. The first-order chi connectivity index (χ1) is 8.52. The first kappa shape index (κ1) is 14.3. The van der Waals surface area contributed by atoms with Crippen molar-refractivity contribution >= 4 is 23.5 Å². The summed E-state index contributed by atoms with van der Waals surface area (Å²) in [6, 6.07) is -1.16. The Hall–Kier alpha value is -1.76. The van der Waals surface area contributed by atoms with Gasteiger partial charge in [-0.2, -0.15) is 0 Å². The number of piperidine rings is 1. The predicted molar refractivity (Wildman–Crippen MR) is 58.6 cm³/mol. The Kier molecular flexibility index (Phi) is 4.96. The van der Waals surface area contributed by atoms with E-state index in [0.717, 1.165) is 0 Å². The highest BCUT2D eigenvalue weighted by Gasteiger charge is 2.47. The molecule has 0 aliphatic carbocycles. The van der Waals surface area contributed by atoms with Gasteiger partial charge in [-0.15, -0.1) is 0 Å². The molecule has 0 radical (unpaired) electrons. The summed E-state index contributed by atoms with van der Waals surface area (Å²) < 4.78 is 9.45. The van der Waals surface area contributed by atoms with Crippen LogP contribution >= 0.6 is 0 Å². The van der Waals surface area contributed by atoms with Crippen molar-refractivity contribution < 1.29 is 28.7 Å². The average molecular weight is 257 g/mol. The highest BCUT2D eigenvalue weighted by atomic mass is 16.5. The van der Waals surface area contributed by atoms with Crippen LogP contribution in [0.3, 0.4) is 0 Å². The number of ketones is 2. The number of rotatable bonds is 4. The maximum Gasteiger partial charge on any atom is 0.324 e. The maximum absolute atomic E-state index is 11.7. The summed E-state index contributed by atoms with van der Waals surface area (Å²) in [4.78, 5) is 46.2. The van der Waals surface area contributed by atoms with Crippen molar-refractivity contribution in [2.24, 2.45) is 5.92 Å². The van der Waals surface area contributed by atoms with E-state index >= 15 is 0 Å². The third kappa shape index (κ3) is 2.92. The lowest BCUT2D eigenvalue weighted by atomic mass is 9.89. The van der Waals surface area contributed by atoms with Crippen LogP contribution in [0.25, 0.3) is 0 Å². The quantitative estimate of drug-likeness (QED) is 0.385. The normalized spacial score (nSPS) is 23.7. The fraction of sp³-hybridized carbons (Fsp3) is 0.636.